The van der Waals surface area contributed by atoms with E-state index in [-0.39, 0.29) is 5.97 Å². The van der Waals surface area contributed by atoms with Gasteiger partial charge in [-0.15, -0.1) is 0 Å². The molecule has 0 bridgehead atoms. The third-order valence-electron chi connectivity index (χ3n) is 6.59. The number of rotatable bonds is 0. The Labute approximate surface area is 155 Å². The van der Waals surface area contributed by atoms with E-state index in [2.05, 4.69) is 42.5 Å². The van der Waals surface area contributed by atoms with E-state index in [4.69, 9.17) is 9.47 Å². The van der Waals surface area contributed by atoms with Crippen molar-refractivity contribution < 1.29 is 14.3 Å². The monoisotopic (exact) mass is 352 g/mol. The Morgan fingerprint density at radius 1 is 0.963 bits per heavy atom. The van der Waals surface area contributed by atoms with Crippen LogP contribution in [0.5, 0.6) is 0 Å². The highest BCUT2D eigenvalue weighted by atomic mass is 16.5. The number of cyclic esters (lactones) is 1. The van der Waals surface area contributed by atoms with Crippen molar-refractivity contribution in [1.82, 2.24) is 0 Å². The fraction of sp³-hybridized carbons (Fsp3) is 0.208. The van der Waals surface area contributed by atoms with Gasteiger partial charge in [-0.2, -0.15) is 0 Å². The fourth-order valence-electron chi connectivity index (χ4n) is 5.48. The summed E-state index contributed by atoms with van der Waals surface area (Å²) in [6, 6.07) is 8.82. The van der Waals surface area contributed by atoms with Crippen molar-refractivity contribution in [3.8, 4) is 0 Å². The third kappa shape index (κ3) is 1.60. The van der Waals surface area contributed by atoms with Crippen molar-refractivity contribution in [3.63, 3.8) is 0 Å². The average Bonchev–Trinajstić information content (AvgIpc) is 2.72. The summed E-state index contributed by atoms with van der Waals surface area (Å²) < 4.78 is 11.2. The van der Waals surface area contributed by atoms with Gasteiger partial charge >= 0.3 is 5.97 Å². The maximum Gasteiger partial charge on any atom is 0.338 e. The predicted molar refractivity (Wildman–Crippen MR) is 104 cm³/mol. The molecule has 0 N–H and O–H groups in total. The highest BCUT2D eigenvalue weighted by Crippen LogP contribution is 2.48. The molecule has 3 nitrogen and oxygen atoms in total. The maximum absolute atomic E-state index is 12.4. The minimum atomic E-state index is -0.187. The molecule has 0 aromatic heterocycles. The van der Waals surface area contributed by atoms with Crippen molar-refractivity contribution in [2.75, 3.05) is 6.61 Å². The van der Waals surface area contributed by atoms with Gasteiger partial charge in [0.15, 0.2) is 0 Å². The SMILES string of the molecule is O=C1OCc2ccc3c4c(c5c6c7c(ccc63)COCC7C=C5)CC=C1c24. The normalized spacial score (nSPS) is 21.4. The van der Waals surface area contributed by atoms with Crippen LogP contribution in [0.2, 0.25) is 0 Å². The minimum absolute atomic E-state index is 0.187. The molecule has 0 radical (unpaired) electrons. The van der Waals surface area contributed by atoms with Gasteiger partial charge in [0.05, 0.1) is 18.8 Å². The lowest BCUT2D eigenvalue weighted by molar-refractivity contribution is -0.138. The topological polar surface area (TPSA) is 35.5 Å². The first-order valence-corrected chi connectivity index (χ1v) is 9.51. The fourth-order valence-corrected chi connectivity index (χ4v) is 5.48. The van der Waals surface area contributed by atoms with Crippen LogP contribution in [-0.2, 0) is 33.9 Å². The van der Waals surface area contributed by atoms with E-state index in [9.17, 15) is 4.79 Å². The summed E-state index contributed by atoms with van der Waals surface area (Å²) in [6.45, 7) is 1.83. The van der Waals surface area contributed by atoms with E-state index in [1.165, 1.54) is 43.8 Å². The number of allylic oxidation sites excluding steroid dienone is 1. The number of carbonyl (C=O) groups is 1. The van der Waals surface area contributed by atoms with Gasteiger partial charge < -0.3 is 9.47 Å². The molecule has 130 valence electrons. The summed E-state index contributed by atoms with van der Waals surface area (Å²) in [5, 5.41) is 5.19. The molecular formula is C24H16O3. The molecule has 7 rings (SSSR count). The molecular weight excluding hydrogens is 336 g/mol. The summed E-state index contributed by atoms with van der Waals surface area (Å²) >= 11 is 0. The smallest absolute Gasteiger partial charge is 0.338 e. The Hall–Kier alpha value is -2.91. The largest absolute Gasteiger partial charge is 0.457 e. The molecule has 3 aromatic rings. The summed E-state index contributed by atoms with van der Waals surface area (Å²) in [5.74, 6) is 0.157. The molecule has 1 unspecified atom stereocenters. The second kappa shape index (κ2) is 4.68. The van der Waals surface area contributed by atoms with Crippen LogP contribution >= 0.6 is 0 Å². The average molecular weight is 352 g/mol. The molecule has 0 spiro atoms. The lowest BCUT2D eigenvalue weighted by Crippen LogP contribution is -2.20. The van der Waals surface area contributed by atoms with Crippen LogP contribution in [0.25, 0.3) is 33.2 Å². The van der Waals surface area contributed by atoms with Gasteiger partial charge in [0.25, 0.3) is 0 Å². The zero-order valence-electron chi connectivity index (χ0n) is 14.7. The van der Waals surface area contributed by atoms with Crippen molar-refractivity contribution >= 4 is 39.2 Å². The lowest BCUT2D eigenvalue weighted by Gasteiger charge is -2.32. The van der Waals surface area contributed by atoms with Crippen molar-refractivity contribution in [3.05, 3.63) is 69.8 Å². The molecule has 3 heteroatoms. The molecule has 3 aromatic carbocycles. The van der Waals surface area contributed by atoms with E-state index in [0.29, 0.717) is 19.1 Å². The summed E-state index contributed by atoms with van der Waals surface area (Å²) in [4.78, 5) is 12.4. The second-order valence-electron chi connectivity index (χ2n) is 7.85. The minimum Gasteiger partial charge on any atom is -0.457 e. The number of carbonyl (C=O) groups excluding carboxylic acids is 1. The lowest BCUT2D eigenvalue weighted by atomic mass is 9.75. The zero-order chi connectivity index (χ0) is 17.7. The van der Waals surface area contributed by atoms with Crippen molar-refractivity contribution in [2.45, 2.75) is 25.6 Å². The molecule has 0 saturated heterocycles. The molecule has 2 aliphatic carbocycles. The van der Waals surface area contributed by atoms with Crippen LogP contribution in [-0.4, -0.2) is 12.6 Å². The van der Waals surface area contributed by atoms with Crippen LogP contribution in [0.4, 0.5) is 0 Å². The molecule has 0 fully saturated rings. The maximum atomic E-state index is 12.4. The number of ether oxygens (including phenoxy) is 2. The molecule has 27 heavy (non-hydrogen) atoms. The van der Waals surface area contributed by atoms with Crippen molar-refractivity contribution in [2.24, 2.45) is 0 Å². The van der Waals surface area contributed by atoms with E-state index in [0.717, 1.165) is 29.7 Å². The Bertz CT molecular complexity index is 1290. The van der Waals surface area contributed by atoms with Gasteiger partial charge in [-0.3, -0.25) is 0 Å². The van der Waals surface area contributed by atoms with Crippen LogP contribution in [0.1, 0.15) is 39.3 Å². The molecule has 2 heterocycles. The highest BCUT2D eigenvalue weighted by Gasteiger charge is 2.33. The number of hydrogen-bond donors (Lipinski definition) is 0. The Morgan fingerprint density at radius 3 is 2.74 bits per heavy atom. The molecule has 0 amide bonds. The highest BCUT2D eigenvalue weighted by molar-refractivity contribution is 6.26. The van der Waals surface area contributed by atoms with Gasteiger partial charge in [-0.05, 0) is 55.8 Å². The Kier molecular flexibility index (Phi) is 2.46. The van der Waals surface area contributed by atoms with Crippen LogP contribution in [0, 0.1) is 0 Å². The third-order valence-corrected chi connectivity index (χ3v) is 6.59. The summed E-state index contributed by atoms with van der Waals surface area (Å²) in [6.07, 6.45) is 7.41. The van der Waals surface area contributed by atoms with Crippen LogP contribution in [0.15, 0.2) is 36.4 Å². The number of esters is 1. The van der Waals surface area contributed by atoms with E-state index < -0.39 is 0 Å². The first-order valence-electron chi connectivity index (χ1n) is 9.51. The predicted octanol–water partition coefficient (Wildman–Crippen LogP) is 4.63. The van der Waals surface area contributed by atoms with E-state index in [1.807, 2.05) is 0 Å². The number of hydrogen-bond acceptors (Lipinski definition) is 3. The van der Waals surface area contributed by atoms with E-state index in [1.54, 1.807) is 0 Å². The van der Waals surface area contributed by atoms with Gasteiger partial charge in [0.1, 0.15) is 6.61 Å². The zero-order valence-corrected chi connectivity index (χ0v) is 14.7. The number of fused-ring (bicyclic) bond motifs is 2. The van der Waals surface area contributed by atoms with Crippen LogP contribution < -0.4 is 0 Å². The van der Waals surface area contributed by atoms with Gasteiger partial charge in [-0.1, -0.05) is 42.5 Å². The van der Waals surface area contributed by atoms with Crippen molar-refractivity contribution in [1.29, 1.82) is 0 Å². The van der Waals surface area contributed by atoms with Gasteiger partial charge in [0, 0.05) is 11.5 Å². The molecule has 2 aliphatic heterocycles. The second-order valence-corrected chi connectivity index (χ2v) is 7.85. The first-order chi connectivity index (χ1) is 13.3. The first kappa shape index (κ1) is 14.2. The Balaban J connectivity index is 1.73. The van der Waals surface area contributed by atoms with Crippen LogP contribution in [0.3, 0.4) is 0 Å². The quantitative estimate of drug-likeness (QED) is 0.437. The summed E-state index contributed by atoms with van der Waals surface area (Å²) in [7, 11) is 0. The standard InChI is InChI=1S/C24H16O3/c25-24-19-8-7-18-16-5-2-13-10-26-9-12-1-4-15(22(16)20(12)13)17-6-3-14(11-27-24)21(19)23(17)18/h1-6,8,13H,7,9-11H2. The molecule has 1 atom stereocenters. The van der Waals surface area contributed by atoms with Gasteiger partial charge in [0.2, 0.25) is 0 Å². The molecule has 0 saturated carbocycles. The number of benzene rings is 3. The summed E-state index contributed by atoms with van der Waals surface area (Å²) in [5.41, 5.74) is 8.39. The molecule has 4 aliphatic rings. The Morgan fingerprint density at radius 2 is 1.81 bits per heavy atom. The van der Waals surface area contributed by atoms with E-state index >= 15 is 0 Å². The van der Waals surface area contributed by atoms with Gasteiger partial charge in [-0.25, -0.2) is 4.79 Å².